The van der Waals surface area contributed by atoms with E-state index in [4.69, 9.17) is 11.6 Å². The summed E-state index contributed by atoms with van der Waals surface area (Å²) >= 11 is 6.17. The minimum absolute atomic E-state index is 0.211. The quantitative estimate of drug-likeness (QED) is 0.808. The van der Waals surface area contributed by atoms with Crippen LogP contribution in [0.3, 0.4) is 0 Å². The Balaban J connectivity index is 1.70. The highest BCUT2D eigenvalue weighted by atomic mass is 35.5. The van der Waals surface area contributed by atoms with E-state index in [0.29, 0.717) is 16.2 Å². The lowest BCUT2D eigenvalue weighted by Crippen LogP contribution is -2.53. The largest absolute Gasteiger partial charge is 0.282 e. The summed E-state index contributed by atoms with van der Waals surface area (Å²) in [6.45, 7) is 2.48. The smallest absolute Gasteiger partial charge is 0.198 e. The van der Waals surface area contributed by atoms with Gasteiger partial charge in [0.25, 0.3) is 0 Å². The summed E-state index contributed by atoms with van der Waals surface area (Å²) in [6.07, 6.45) is 11.8. The van der Waals surface area contributed by atoms with Crippen molar-refractivity contribution in [2.24, 2.45) is 17.3 Å². The summed E-state index contributed by atoms with van der Waals surface area (Å²) in [5, 5.41) is 9.33. The minimum Gasteiger partial charge on any atom is -0.282 e. The maximum Gasteiger partial charge on any atom is 0.198 e. The normalized spacial score (nSPS) is 41.0. The Morgan fingerprint density at radius 1 is 1.19 bits per heavy atom. The average molecular weight is 303 g/mol. The van der Waals surface area contributed by atoms with Crippen LogP contribution in [-0.2, 0) is 5.41 Å². The van der Waals surface area contributed by atoms with E-state index in [1.54, 1.807) is 6.20 Å². The summed E-state index contributed by atoms with van der Waals surface area (Å²) < 4.78 is 2.09. The summed E-state index contributed by atoms with van der Waals surface area (Å²) in [7, 11) is 0. The molecule has 0 aliphatic heterocycles. The van der Waals surface area contributed by atoms with E-state index >= 15 is 0 Å². The van der Waals surface area contributed by atoms with Crippen molar-refractivity contribution >= 4 is 17.2 Å². The van der Waals surface area contributed by atoms with Gasteiger partial charge < -0.3 is 0 Å². The van der Waals surface area contributed by atoms with Crippen molar-refractivity contribution in [3.63, 3.8) is 0 Å². The number of halogens is 1. The lowest BCUT2D eigenvalue weighted by Gasteiger charge is -2.60. The fourth-order valence-electron chi connectivity index (χ4n) is 6.14. The molecule has 2 heterocycles. The molecular formula is C16H19ClN4. The molecule has 2 atom stereocenters. The van der Waals surface area contributed by atoms with E-state index in [-0.39, 0.29) is 5.41 Å². The van der Waals surface area contributed by atoms with Crippen molar-refractivity contribution in [1.29, 1.82) is 0 Å². The summed E-state index contributed by atoms with van der Waals surface area (Å²) in [5.74, 6) is 2.88. The SMILES string of the molecule is CC12CC3CC(C1)CC(c1nnc4c(Cl)nccn14)(C3)C2. The van der Waals surface area contributed by atoms with Crippen molar-refractivity contribution in [3.05, 3.63) is 23.4 Å². The number of aromatic nitrogens is 4. The Morgan fingerprint density at radius 2 is 1.95 bits per heavy atom. The first-order valence-electron chi connectivity index (χ1n) is 7.93. The van der Waals surface area contributed by atoms with E-state index in [9.17, 15) is 0 Å². The molecule has 0 amide bonds. The zero-order valence-corrected chi connectivity index (χ0v) is 13.0. The molecule has 2 unspecified atom stereocenters. The molecule has 4 nitrogen and oxygen atoms in total. The Bertz CT molecular complexity index is 723. The first kappa shape index (κ1) is 12.4. The van der Waals surface area contributed by atoms with Crippen LogP contribution in [0.5, 0.6) is 0 Å². The van der Waals surface area contributed by atoms with Gasteiger partial charge in [-0.3, -0.25) is 4.40 Å². The molecule has 4 bridgehead atoms. The van der Waals surface area contributed by atoms with Crippen LogP contribution in [0.25, 0.3) is 5.65 Å². The van der Waals surface area contributed by atoms with Gasteiger partial charge in [0, 0.05) is 17.8 Å². The third kappa shape index (κ3) is 1.60. The third-order valence-electron chi connectivity index (χ3n) is 6.11. The van der Waals surface area contributed by atoms with E-state index < -0.39 is 0 Å². The highest BCUT2D eigenvalue weighted by molar-refractivity contribution is 6.32. The second-order valence-corrected chi connectivity index (χ2v) is 8.35. The van der Waals surface area contributed by atoms with Crippen LogP contribution in [0, 0.1) is 17.3 Å². The highest BCUT2D eigenvalue weighted by Crippen LogP contribution is 2.65. The standard InChI is InChI=1S/C16H19ClN4/c1-15-5-10-4-11(6-15)8-16(7-10,9-15)14-20-19-13-12(17)18-2-3-21(13)14/h2-3,10-11H,4-9H2,1H3. The van der Waals surface area contributed by atoms with Gasteiger partial charge in [0.2, 0.25) is 0 Å². The third-order valence-corrected chi connectivity index (χ3v) is 6.38. The van der Waals surface area contributed by atoms with Crippen LogP contribution in [0.15, 0.2) is 12.4 Å². The van der Waals surface area contributed by atoms with E-state index in [0.717, 1.165) is 17.7 Å². The molecule has 0 aromatic carbocycles. The zero-order valence-electron chi connectivity index (χ0n) is 12.2. The van der Waals surface area contributed by atoms with Crippen molar-refractivity contribution in [1.82, 2.24) is 19.6 Å². The molecule has 21 heavy (non-hydrogen) atoms. The van der Waals surface area contributed by atoms with Crippen LogP contribution >= 0.6 is 11.6 Å². The number of hydrogen-bond donors (Lipinski definition) is 0. The molecule has 0 saturated heterocycles. The van der Waals surface area contributed by atoms with E-state index in [2.05, 4.69) is 26.5 Å². The monoisotopic (exact) mass is 302 g/mol. The molecule has 6 rings (SSSR count). The molecule has 0 radical (unpaired) electrons. The summed E-state index contributed by atoms with van der Waals surface area (Å²) in [5.41, 5.74) is 1.42. The fraction of sp³-hybridized carbons (Fsp3) is 0.688. The topological polar surface area (TPSA) is 43.1 Å². The minimum atomic E-state index is 0.211. The van der Waals surface area contributed by atoms with Crippen molar-refractivity contribution < 1.29 is 0 Å². The molecule has 2 aromatic heterocycles. The highest BCUT2D eigenvalue weighted by Gasteiger charge is 2.58. The van der Waals surface area contributed by atoms with Crippen LogP contribution in [0.4, 0.5) is 0 Å². The number of hydrogen-bond acceptors (Lipinski definition) is 3. The van der Waals surface area contributed by atoms with Gasteiger partial charge in [0.05, 0.1) is 0 Å². The molecule has 5 heteroatoms. The Labute approximate surface area is 128 Å². The van der Waals surface area contributed by atoms with Crippen LogP contribution in [0.2, 0.25) is 5.15 Å². The molecule has 0 spiro atoms. The predicted molar refractivity (Wildman–Crippen MR) is 80.3 cm³/mol. The Kier molecular flexibility index (Phi) is 2.23. The second-order valence-electron chi connectivity index (χ2n) is 7.99. The Morgan fingerprint density at radius 3 is 2.67 bits per heavy atom. The molecular weight excluding hydrogens is 284 g/mol. The van der Waals surface area contributed by atoms with Crippen LogP contribution in [-0.4, -0.2) is 19.6 Å². The van der Waals surface area contributed by atoms with Gasteiger partial charge in [-0.05, 0) is 55.8 Å². The molecule has 4 aliphatic rings. The van der Waals surface area contributed by atoms with Crippen molar-refractivity contribution in [2.75, 3.05) is 0 Å². The van der Waals surface area contributed by atoms with Gasteiger partial charge in [0.1, 0.15) is 5.82 Å². The number of rotatable bonds is 1. The molecule has 4 saturated carbocycles. The first-order chi connectivity index (χ1) is 10.1. The van der Waals surface area contributed by atoms with Gasteiger partial charge in [-0.2, -0.15) is 0 Å². The maximum absolute atomic E-state index is 6.17. The Hall–Kier alpha value is -1.16. The van der Waals surface area contributed by atoms with Crippen molar-refractivity contribution in [2.45, 2.75) is 50.9 Å². The molecule has 110 valence electrons. The maximum atomic E-state index is 6.17. The summed E-state index contributed by atoms with van der Waals surface area (Å²) in [4.78, 5) is 4.12. The van der Waals surface area contributed by atoms with Crippen LogP contribution in [0.1, 0.15) is 51.3 Å². The zero-order chi connectivity index (χ0) is 14.2. The van der Waals surface area contributed by atoms with Gasteiger partial charge >= 0.3 is 0 Å². The van der Waals surface area contributed by atoms with Gasteiger partial charge in [0.15, 0.2) is 10.8 Å². The number of nitrogens with zero attached hydrogens (tertiary/aromatic N) is 4. The molecule has 0 N–H and O–H groups in total. The van der Waals surface area contributed by atoms with E-state index in [1.165, 1.54) is 38.5 Å². The fourth-order valence-corrected chi connectivity index (χ4v) is 6.33. The lowest BCUT2D eigenvalue weighted by atomic mass is 9.44. The molecule has 4 aliphatic carbocycles. The lowest BCUT2D eigenvalue weighted by molar-refractivity contribution is -0.0651. The van der Waals surface area contributed by atoms with E-state index in [1.807, 2.05) is 6.20 Å². The number of fused-ring (bicyclic) bond motifs is 1. The van der Waals surface area contributed by atoms with Crippen molar-refractivity contribution in [3.8, 4) is 0 Å². The van der Waals surface area contributed by atoms with Gasteiger partial charge in [-0.15, -0.1) is 10.2 Å². The average Bonchev–Trinajstić information content (AvgIpc) is 2.81. The summed E-state index contributed by atoms with van der Waals surface area (Å²) in [6, 6.07) is 0. The van der Waals surface area contributed by atoms with Crippen LogP contribution < -0.4 is 0 Å². The molecule has 2 aromatic rings. The first-order valence-corrected chi connectivity index (χ1v) is 8.31. The van der Waals surface area contributed by atoms with Gasteiger partial charge in [-0.1, -0.05) is 18.5 Å². The predicted octanol–water partition coefficient (Wildman–Crippen LogP) is 3.64. The van der Waals surface area contributed by atoms with Gasteiger partial charge in [-0.25, -0.2) is 4.98 Å². The molecule has 4 fully saturated rings. The second kappa shape index (κ2) is 3.78.